The van der Waals surface area contributed by atoms with Gasteiger partial charge in [-0.15, -0.1) is 0 Å². The first-order valence-corrected chi connectivity index (χ1v) is 28.4. The van der Waals surface area contributed by atoms with Gasteiger partial charge in [0.25, 0.3) is 0 Å². The number of carbonyl (C=O) groups excluding carboxylic acids is 4. The maximum atomic E-state index is 13.0. The van der Waals surface area contributed by atoms with E-state index in [2.05, 4.69) is 21.3 Å². The highest BCUT2D eigenvalue weighted by Crippen LogP contribution is 2.38. The largest absolute Gasteiger partial charge is 0.394 e. The molecule has 0 aliphatic carbocycles. The molecule has 23 N–H and O–H groups in total. The van der Waals surface area contributed by atoms with Crippen LogP contribution in [0.2, 0.25) is 0 Å². The number of aliphatic hydroxyl groups is 19. The summed E-state index contributed by atoms with van der Waals surface area (Å²) >= 11 is 0. The summed E-state index contributed by atoms with van der Waals surface area (Å²) in [4.78, 5) is 50.0. The van der Waals surface area contributed by atoms with Crippen molar-refractivity contribution in [1.82, 2.24) is 21.3 Å². The Kier molecular flexibility index (Phi) is 27.8. The summed E-state index contributed by atoms with van der Waals surface area (Å²) in [6, 6.07) is -6.99. The van der Waals surface area contributed by atoms with Crippen LogP contribution >= 0.6 is 0 Å². The van der Waals surface area contributed by atoms with Crippen molar-refractivity contribution in [1.29, 1.82) is 0 Å². The monoisotopic (exact) mass is 1300 g/mol. The zero-order valence-corrected chi connectivity index (χ0v) is 48.6. The van der Waals surface area contributed by atoms with E-state index in [0.717, 1.165) is 27.7 Å². The van der Waals surface area contributed by atoms with Crippen molar-refractivity contribution in [3.63, 3.8) is 0 Å². The van der Waals surface area contributed by atoms with Gasteiger partial charge >= 0.3 is 0 Å². The van der Waals surface area contributed by atoms with Gasteiger partial charge in [-0.05, 0) is 6.92 Å². The fourth-order valence-electron chi connectivity index (χ4n) is 11.1. The second-order valence-corrected chi connectivity index (χ2v) is 22.3. The first-order chi connectivity index (χ1) is 42.0. The Morgan fingerprint density at radius 3 is 1.26 bits per heavy atom. The van der Waals surface area contributed by atoms with E-state index in [1.807, 2.05) is 0 Å². The van der Waals surface area contributed by atoms with Crippen molar-refractivity contribution in [2.75, 3.05) is 46.2 Å². The third-order valence-electron chi connectivity index (χ3n) is 15.8. The van der Waals surface area contributed by atoms with Crippen LogP contribution < -0.4 is 21.3 Å². The van der Waals surface area contributed by atoms with Crippen molar-refractivity contribution in [3.8, 4) is 0 Å². The minimum Gasteiger partial charge on any atom is -0.394 e. The summed E-state index contributed by atoms with van der Waals surface area (Å²) in [7, 11) is 0. The van der Waals surface area contributed by atoms with Crippen LogP contribution in [0.4, 0.5) is 0 Å². The van der Waals surface area contributed by atoms with Crippen LogP contribution in [-0.4, -0.2) is 375 Å². The molecule has 0 unspecified atom stereocenters. The lowest BCUT2D eigenvalue weighted by Crippen LogP contribution is -2.71. The molecule has 0 radical (unpaired) electrons. The molecule has 39 nitrogen and oxygen atoms in total. The molecule has 0 saturated carbocycles. The van der Waals surface area contributed by atoms with Crippen molar-refractivity contribution in [2.24, 2.45) is 0 Å². The smallest absolute Gasteiger partial charge is 0.217 e. The SMILES string of the molecule is CC(=O)N[C@H]1[C@H](O[C@@H]([C@@H](O)[C@H](O)CO)[C@H](CO)NC(C)=O)O[C@H](CO)[C@@H](O[C@@H]2O[C@H](CO)[C@H](O)[C@H](O[C@@H]3O[C@H](CO)[C@@H](O[C@@H]4O[C@H](CO)[C@H](O)[C@H](O[C@H]5O[C@H](CO)[C@H](O)[C@H](O)[C@H]5NC(C)=O)[C@H]4O[C@@H]4O[C@@H](C)[C@@H](O)[C@@H](O)[C@@H]4O)[C@H](O)[C@H]3NC(C)=O)[C@H]2O)[C@@H]1O. The van der Waals surface area contributed by atoms with E-state index in [1.165, 1.54) is 6.92 Å². The van der Waals surface area contributed by atoms with Crippen molar-refractivity contribution in [2.45, 2.75) is 243 Å². The summed E-state index contributed by atoms with van der Waals surface area (Å²) in [6.07, 6.45) is -59.2. The minimum absolute atomic E-state index is 0.769. The standard InChI is InChI=1S/C50H86N4O35/c1-13-28(67)36(75)37(76)48(78-13)89-44-43(88-45-25(52-15(3)63)33(72)30(69)20(8-57)79-45)32(71)22(10-59)81-50(44)86-41-24(12-61)83-47(27(35(41)74)54-17(5)65)87-42-31(70)21(9-58)80-49(38(42)77)85-40-23(11-60)82-46(26(34(40)73)53-16(4)64)84-39(29(68)19(66)7-56)18(6-55)51-14(2)62/h13,18-50,55-61,66-77H,6-12H2,1-5H3,(H,51,62)(H,52,63)(H,53,64)(H,54,65)/t13-,18-,19+,20+,21+,22+,23+,24+,25+,26+,27+,28+,29-,30-,31-,32-,33+,34+,35+,36+,37-,38+,39+,40+,41+,42-,43-,44+,45+,46-,47-,48-,49-,50-/m0/s1. The molecule has 6 rings (SSSR count). The summed E-state index contributed by atoms with van der Waals surface area (Å²) in [5.74, 6) is -3.38. The summed E-state index contributed by atoms with van der Waals surface area (Å²) in [5.41, 5.74) is 0. The molecule has 0 aromatic rings. The van der Waals surface area contributed by atoms with Crippen LogP contribution in [0.1, 0.15) is 34.6 Å². The van der Waals surface area contributed by atoms with Gasteiger partial charge in [-0.25, -0.2) is 0 Å². The number of carbonyl (C=O) groups is 4. The molecular weight excluding hydrogens is 1220 g/mol. The molecule has 89 heavy (non-hydrogen) atoms. The Hall–Kier alpha value is -3.36. The first-order valence-electron chi connectivity index (χ1n) is 28.4. The Balaban J connectivity index is 1.31. The number of nitrogens with one attached hydrogen (secondary N) is 4. The van der Waals surface area contributed by atoms with Crippen molar-refractivity contribution >= 4 is 23.6 Å². The van der Waals surface area contributed by atoms with Crippen molar-refractivity contribution in [3.05, 3.63) is 0 Å². The lowest BCUT2D eigenvalue weighted by Gasteiger charge is -2.52. The quantitative estimate of drug-likeness (QED) is 0.0382. The number of hydrogen-bond acceptors (Lipinski definition) is 35. The maximum absolute atomic E-state index is 13.0. The molecule has 0 aromatic heterocycles. The van der Waals surface area contributed by atoms with Gasteiger partial charge in [0.15, 0.2) is 37.7 Å². The van der Waals surface area contributed by atoms with Crippen LogP contribution in [0.15, 0.2) is 0 Å². The predicted octanol–water partition coefficient (Wildman–Crippen LogP) is -15.0. The molecule has 516 valence electrons. The predicted molar refractivity (Wildman–Crippen MR) is 279 cm³/mol. The lowest BCUT2D eigenvalue weighted by molar-refractivity contribution is -0.402. The van der Waals surface area contributed by atoms with Gasteiger partial charge in [-0.1, -0.05) is 0 Å². The zero-order chi connectivity index (χ0) is 66.2. The van der Waals surface area contributed by atoms with Gasteiger partial charge < -0.3 is 175 Å². The van der Waals surface area contributed by atoms with Crippen LogP contribution in [0.3, 0.4) is 0 Å². The van der Waals surface area contributed by atoms with Gasteiger partial charge in [-0.3, -0.25) is 19.2 Å². The van der Waals surface area contributed by atoms with E-state index < -0.39 is 278 Å². The number of rotatable bonds is 26. The second-order valence-electron chi connectivity index (χ2n) is 22.3. The maximum Gasteiger partial charge on any atom is 0.217 e. The number of hydrogen-bond donors (Lipinski definition) is 23. The van der Waals surface area contributed by atoms with E-state index in [1.54, 1.807) is 0 Å². The fourth-order valence-corrected chi connectivity index (χ4v) is 11.1. The van der Waals surface area contributed by atoms with Gasteiger partial charge in [0, 0.05) is 27.7 Å². The summed E-state index contributed by atoms with van der Waals surface area (Å²) in [6.45, 7) is -2.14. The van der Waals surface area contributed by atoms with Gasteiger partial charge in [0.2, 0.25) is 23.6 Å². The topological polar surface area (TPSA) is 612 Å². The summed E-state index contributed by atoms with van der Waals surface area (Å²) in [5, 5.41) is 217. The highest BCUT2D eigenvalue weighted by atomic mass is 16.8. The molecule has 6 aliphatic heterocycles. The molecule has 4 amide bonds. The molecule has 39 heteroatoms. The molecule has 34 atom stereocenters. The van der Waals surface area contributed by atoms with Crippen LogP contribution in [0.5, 0.6) is 0 Å². The average Bonchev–Trinajstić information content (AvgIpc) is 1.10. The van der Waals surface area contributed by atoms with Crippen LogP contribution in [-0.2, 0) is 76.0 Å². The van der Waals surface area contributed by atoms with E-state index in [4.69, 9.17) is 56.8 Å². The highest BCUT2D eigenvalue weighted by Gasteiger charge is 2.59. The molecule has 6 fully saturated rings. The van der Waals surface area contributed by atoms with Gasteiger partial charge in [0.1, 0.15) is 159 Å². The zero-order valence-electron chi connectivity index (χ0n) is 48.6. The minimum atomic E-state index is -2.31. The molecule has 0 bridgehead atoms. The van der Waals surface area contributed by atoms with Gasteiger partial charge in [-0.2, -0.15) is 0 Å². The van der Waals surface area contributed by atoms with E-state index >= 15 is 0 Å². The summed E-state index contributed by atoms with van der Waals surface area (Å²) < 4.78 is 71.4. The van der Waals surface area contributed by atoms with Gasteiger partial charge in [0.05, 0.1) is 58.4 Å². The Morgan fingerprint density at radius 1 is 0.382 bits per heavy atom. The molecule has 0 spiro atoms. The average molecular weight is 1300 g/mol. The molecule has 6 saturated heterocycles. The van der Waals surface area contributed by atoms with Crippen LogP contribution in [0.25, 0.3) is 0 Å². The second kappa shape index (κ2) is 33.2. The third kappa shape index (κ3) is 17.3. The Labute approximate surface area is 506 Å². The Morgan fingerprint density at radius 2 is 0.775 bits per heavy atom. The third-order valence-corrected chi connectivity index (χ3v) is 15.8. The van der Waals surface area contributed by atoms with E-state index in [-0.39, 0.29) is 0 Å². The molecule has 6 aliphatic rings. The van der Waals surface area contributed by atoms with Crippen molar-refractivity contribution < 1.29 is 173 Å². The Bertz CT molecular complexity index is 2240. The molecular formula is C50H86N4O35. The van der Waals surface area contributed by atoms with E-state index in [0.29, 0.717) is 0 Å². The highest BCUT2D eigenvalue weighted by molar-refractivity contribution is 5.74. The number of amides is 4. The fraction of sp³-hybridized carbons (Fsp3) is 0.920. The van der Waals surface area contributed by atoms with Crippen LogP contribution in [0, 0.1) is 0 Å². The number of aliphatic hydroxyl groups excluding tert-OH is 19. The number of ether oxygens (including phenoxy) is 12. The molecule has 0 aromatic carbocycles. The molecule has 6 heterocycles. The normalized spacial score (nSPS) is 44.3. The lowest BCUT2D eigenvalue weighted by atomic mass is 9.93. The van der Waals surface area contributed by atoms with E-state index in [9.17, 15) is 116 Å². The first kappa shape index (κ1) is 74.7.